The lowest BCUT2D eigenvalue weighted by Gasteiger charge is -2.30. The van der Waals surface area contributed by atoms with Gasteiger partial charge in [-0.25, -0.2) is 0 Å². The number of carbonyl (C=O) groups excluding carboxylic acids is 2. The smallest absolute Gasteiger partial charge is 0.245 e. The van der Waals surface area contributed by atoms with E-state index in [0.717, 1.165) is 45.4 Å². The van der Waals surface area contributed by atoms with Crippen LogP contribution in [0.2, 0.25) is 0 Å². The van der Waals surface area contributed by atoms with Crippen LogP contribution >= 0.6 is 0 Å². The summed E-state index contributed by atoms with van der Waals surface area (Å²) in [5.41, 5.74) is 0. The van der Waals surface area contributed by atoms with Gasteiger partial charge in [-0.15, -0.1) is 0 Å². The first-order valence-electron chi connectivity index (χ1n) is 7.82. The Morgan fingerprint density at radius 2 is 1.75 bits per heavy atom. The largest absolute Gasteiger partial charge is 0.344 e. The molecule has 0 spiro atoms. The minimum Gasteiger partial charge on any atom is -0.344 e. The van der Waals surface area contributed by atoms with Crippen LogP contribution in [0.4, 0.5) is 0 Å². The molecule has 5 heteroatoms. The first-order valence-corrected chi connectivity index (χ1v) is 7.82. The SMILES string of the molecule is CC(=O)NC(C(=O)N1CCCN(C)CC1)C1CCCC1. The van der Waals surface area contributed by atoms with Gasteiger partial charge in [0.2, 0.25) is 11.8 Å². The van der Waals surface area contributed by atoms with Gasteiger partial charge in [-0.1, -0.05) is 12.8 Å². The Morgan fingerprint density at radius 3 is 2.40 bits per heavy atom. The average molecular weight is 281 g/mol. The monoisotopic (exact) mass is 281 g/mol. The van der Waals surface area contributed by atoms with Gasteiger partial charge in [-0.05, 0) is 38.8 Å². The van der Waals surface area contributed by atoms with Crippen molar-refractivity contribution in [1.29, 1.82) is 0 Å². The van der Waals surface area contributed by atoms with Gasteiger partial charge in [0, 0.05) is 26.6 Å². The summed E-state index contributed by atoms with van der Waals surface area (Å²) in [6.07, 6.45) is 5.49. The van der Waals surface area contributed by atoms with Crippen LogP contribution in [-0.2, 0) is 9.59 Å². The lowest BCUT2D eigenvalue weighted by Crippen LogP contribution is -2.52. The number of carbonyl (C=O) groups is 2. The van der Waals surface area contributed by atoms with E-state index < -0.39 is 0 Å². The molecule has 1 aliphatic carbocycles. The number of hydrogen-bond donors (Lipinski definition) is 1. The predicted octanol–water partition coefficient (Wildman–Crippen LogP) is 0.845. The van der Waals surface area contributed by atoms with Crippen molar-refractivity contribution in [3.05, 3.63) is 0 Å². The number of amides is 2. The summed E-state index contributed by atoms with van der Waals surface area (Å²) in [4.78, 5) is 28.4. The van der Waals surface area contributed by atoms with E-state index in [4.69, 9.17) is 0 Å². The van der Waals surface area contributed by atoms with Crippen molar-refractivity contribution in [3.8, 4) is 0 Å². The van der Waals surface area contributed by atoms with Gasteiger partial charge < -0.3 is 15.1 Å². The summed E-state index contributed by atoms with van der Waals surface area (Å²) in [5, 5.41) is 2.91. The summed E-state index contributed by atoms with van der Waals surface area (Å²) in [6, 6.07) is -0.307. The van der Waals surface area contributed by atoms with Gasteiger partial charge in [-0.2, -0.15) is 0 Å². The highest BCUT2D eigenvalue weighted by molar-refractivity contribution is 5.87. The van der Waals surface area contributed by atoms with E-state index >= 15 is 0 Å². The molecule has 0 radical (unpaired) electrons. The Balaban J connectivity index is 2.02. The zero-order chi connectivity index (χ0) is 14.5. The number of nitrogens with zero attached hydrogens (tertiary/aromatic N) is 2. The summed E-state index contributed by atoms with van der Waals surface area (Å²) in [5.74, 6) is 0.358. The molecule has 1 heterocycles. The summed E-state index contributed by atoms with van der Waals surface area (Å²) in [7, 11) is 2.09. The number of rotatable bonds is 3. The lowest BCUT2D eigenvalue weighted by molar-refractivity contribution is -0.137. The normalized spacial score (nSPS) is 23.4. The van der Waals surface area contributed by atoms with E-state index in [1.807, 2.05) is 4.90 Å². The molecule has 20 heavy (non-hydrogen) atoms. The third-order valence-corrected chi connectivity index (χ3v) is 4.53. The maximum absolute atomic E-state index is 12.8. The van der Waals surface area contributed by atoms with Crippen LogP contribution in [0.15, 0.2) is 0 Å². The average Bonchev–Trinajstić information content (AvgIpc) is 2.84. The van der Waals surface area contributed by atoms with Crippen molar-refractivity contribution in [2.75, 3.05) is 33.2 Å². The quantitative estimate of drug-likeness (QED) is 0.834. The van der Waals surface area contributed by atoms with Crippen molar-refractivity contribution >= 4 is 11.8 Å². The van der Waals surface area contributed by atoms with Gasteiger partial charge >= 0.3 is 0 Å². The van der Waals surface area contributed by atoms with E-state index in [1.165, 1.54) is 19.8 Å². The molecule has 114 valence electrons. The zero-order valence-electron chi connectivity index (χ0n) is 12.7. The van der Waals surface area contributed by atoms with Gasteiger partial charge in [0.05, 0.1) is 0 Å². The van der Waals surface area contributed by atoms with Crippen LogP contribution < -0.4 is 5.32 Å². The van der Waals surface area contributed by atoms with Crippen LogP contribution in [0, 0.1) is 5.92 Å². The highest BCUT2D eigenvalue weighted by Gasteiger charge is 2.34. The minimum absolute atomic E-state index is 0.0952. The van der Waals surface area contributed by atoms with Crippen molar-refractivity contribution in [2.24, 2.45) is 5.92 Å². The molecule has 1 N–H and O–H groups in total. The zero-order valence-corrected chi connectivity index (χ0v) is 12.7. The first-order chi connectivity index (χ1) is 9.58. The van der Waals surface area contributed by atoms with Crippen LogP contribution in [0.1, 0.15) is 39.0 Å². The standard InChI is InChI=1S/C15H27N3O2/c1-12(19)16-14(13-6-3-4-7-13)15(20)18-9-5-8-17(2)10-11-18/h13-14H,3-11H2,1-2H3,(H,16,19). The molecule has 0 bridgehead atoms. The molecule has 2 fully saturated rings. The van der Waals surface area contributed by atoms with Crippen molar-refractivity contribution in [3.63, 3.8) is 0 Å². The topological polar surface area (TPSA) is 52.7 Å². The van der Waals surface area contributed by atoms with E-state index in [2.05, 4.69) is 17.3 Å². The van der Waals surface area contributed by atoms with E-state index in [-0.39, 0.29) is 17.9 Å². The van der Waals surface area contributed by atoms with Crippen molar-refractivity contribution in [2.45, 2.75) is 45.1 Å². The molecule has 0 aromatic rings. The molecule has 2 aliphatic rings. The van der Waals surface area contributed by atoms with E-state index in [1.54, 1.807) is 0 Å². The second-order valence-electron chi connectivity index (χ2n) is 6.20. The molecule has 2 rings (SSSR count). The van der Waals surface area contributed by atoms with Gasteiger partial charge in [0.15, 0.2) is 0 Å². The fraction of sp³-hybridized carbons (Fsp3) is 0.867. The fourth-order valence-electron chi connectivity index (χ4n) is 3.35. The van der Waals surface area contributed by atoms with Crippen LogP contribution in [0.5, 0.6) is 0 Å². The molecule has 1 saturated carbocycles. The molecule has 0 aromatic heterocycles. The van der Waals surface area contributed by atoms with Crippen LogP contribution in [-0.4, -0.2) is 60.9 Å². The summed E-state index contributed by atoms with van der Waals surface area (Å²) >= 11 is 0. The van der Waals surface area contributed by atoms with Crippen LogP contribution in [0.25, 0.3) is 0 Å². The van der Waals surface area contributed by atoms with Crippen molar-refractivity contribution in [1.82, 2.24) is 15.1 Å². The number of hydrogen-bond acceptors (Lipinski definition) is 3. The highest BCUT2D eigenvalue weighted by atomic mass is 16.2. The Kier molecular flexibility index (Phi) is 5.40. The number of likely N-dealkylation sites (N-methyl/N-ethyl adjacent to an activating group) is 1. The maximum Gasteiger partial charge on any atom is 0.245 e. The highest BCUT2D eigenvalue weighted by Crippen LogP contribution is 2.28. The predicted molar refractivity (Wildman–Crippen MR) is 78.3 cm³/mol. The third kappa shape index (κ3) is 3.95. The lowest BCUT2D eigenvalue weighted by atomic mass is 9.96. The molecular formula is C15H27N3O2. The Bertz CT molecular complexity index is 353. The summed E-state index contributed by atoms with van der Waals surface area (Å²) in [6.45, 7) is 5.05. The summed E-state index contributed by atoms with van der Waals surface area (Å²) < 4.78 is 0. The second kappa shape index (κ2) is 7.07. The van der Waals surface area contributed by atoms with E-state index in [0.29, 0.717) is 5.92 Å². The Labute approximate surface area is 121 Å². The Hall–Kier alpha value is -1.10. The van der Waals surface area contributed by atoms with Gasteiger partial charge in [-0.3, -0.25) is 9.59 Å². The molecule has 5 nitrogen and oxygen atoms in total. The molecular weight excluding hydrogens is 254 g/mol. The number of nitrogens with one attached hydrogen (secondary N) is 1. The fourth-order valence-corrected chi connectivity index (χ4v) is 3.35. The van der Waals surface area contributed by atoms with Gasteiger partial charge in [0.1, 0.15) is 6.04 Å². The van der Waals surface area contributed by atoms with Crippen LogP contribution in [0.3, 0.4) is 0 Å². The third-order valence-electron chi connectivity index (χ3n) is 4.53. The molecule has 1 aliphatic heterocycles. The van der Waals surface area contributed by atoms with Gasteiger partial charge in [0.25, 0.3) is 0 Å². The van der Waals surface area contributed by atoms with Crippen molar-refractivity contribution < 1.29 is 9.59 Å². The molecule has 1 unspecified atom stereocenters. The molecule has 0 aromatic carbocycles. The first kappa shape index (κ1) is 15.3. The Morgan fingerprint density at radius 1 is 1.05 bits per heavy atom. The molecule has 2 amide bonds. The second-order valence-corrected chi connectivity index (χ2v) is 6.20. The molecule has 1 saturated heterocycles. The maximum atomic E-state index is 12.8. The molecule has 1 atom stereocenters. The van der Waals surface area contributed by atoms with E-state index in [9.17, 15) is 9.59 Å². The minimum atomic E-state index is -0.307.